The molecule has 2 aromatic rings. The van der Waals surface area contributed by atoms with Crippen LogP contribution in [0.25, 0.3) is 11.1 Å². The van der Waals surface area contributed by atoms with Crippen molar-refractivity contribution >= 4 is 0 Å². The minimum atomic E-state index is 0.971. The lowest BCUT2D eigenvalue weighted by Crippen LogP contribution is -1.92. The van der Waals surface area contributed by atoms with Crippen molar-refractivity contribution in [2.24, 2.45) is 0 Å². The second-order valence-electron chi connectivity index (χ2n) is 4.55. The lowest BCUT2D eigenvalue weighted by atomic mass is 9.95. The first-order valence-corrected chi connectivity index (χ1v) is 6.31. The molecule has 0 saturated carbocycles. The van der Waals surface area contributed by atoms with Gasteiger partial charge in [-0.2, -0.15) is 5.10 Å². The highest BCUT2D eigenvalue weighted by Gasteiger charge is 2.14. The third kappa shape index (κ3) is 2.12. The van der Waals surface area contributed by atoms with Gasteiger partial charge in [0.25, 0.3) is 0 Å². The first-order valence-electron chi connectivity index (χ1n) is 6.31. The van der Waals surface area contributed by atoms with Crippen LogP contribution >= 0.6 is 0 Å². The molecule has 17 heavy (non-hydrogen) atoms. The molecule has 2 nitrogen and oxygen atoms in total. The van der Waals surface area contributed by atoms with Crippen molar-refractivity contribution in [2.75, 3.05) is 0 Å². The molecule has 1 aromatic heterocycles. The zero-order valence-corrected chi connectivity index (χ0v) is 11.1. The van der Waals surface area contributed by atoms with E-state index in [0.717, 1.165) is 12.8 Å². The van der Waals surface area contributed by atoms with E-state index < -0.39 is 0 Å². The zero-order valence-electron chi connectivity index (χ0n) is 11.1. The summed E-state index contributed by atoms with van der Waals surface area (Å²) in [6.07, 6.45) is 1.97. The fourth-order valence-electron chi connectivity index (χ4n) is 2.26. The van der Waals surface area contributed by atoms with Crippen molar-refractivity contribution in [2.45, 2.75) is 40.5 Å². The molecule has 2 heteroatoms. The molecule has 0 amide bonds. The SMILES string of the molecule is CCc1n[nH]c(CC)c1-c1cc(C)ccc1C. The van der Waals surface area contributed by atoms with Crippen LogP contribution in [0.15, 0.2) is 18.2 Å². The average Bonchev–Trinajstić information content (AvgIpc) is 2.74. The van der Waals surface area contributed by atoms with Gasteiger partial charge in [0.2, 0.25) is 0 Å². The van der Waals surface area contributed by atoms with Gasteiger partial charge in [-0.1, -0.05) is 37.6 Å². The summed E-state index contributed by atoms with van der Waals surface area (Å²) in [6.45, 7) is 8.63. The number of nitrogens with one attached hydrogen (secondary N) is 1. The van der Waals surface area contributed by atoms with Crippen LogP contribution in [-0.4, -0.2) is 10.2 Å². The van der Waals surface area contributed by atoms with Gasteiger partial charge in [0.15, 0.2) is 0 Å². The molecule has 1 N–H and O–H groups in total. The smallest absolute Gasteiger partial charge is 0.0700 e. The van der Waals surface area contributed by atoms with Crippen LogP contribution in [0.3, 0.4) is 0 Å². The molecule has 0 aliphatic carbocycles. The molecule has 1 aromatic carbocycles. The van der Waals surface area contributed by atoms with Crippen LogP contribution < -0.4 is 0 Å². The maximum absolute atomic E-state index is 4.43. The molecule has 0 saturated heterocycles. The molecular formula is C15H20N2. The third-order valence-electron chi connectivity index (χ3n) is 3.27. The van der Waals surface area contributed by atoms with Crippen molar-refractivity contribution < 1.29 is 0 Å². The first kappa shape index (κ1) is 11.9. The highest BCUT2D eigenvalue weighted by molar-refractivity contribution is 5.72. The lowest BCUT2D eigenvalue weighted by molar-refractivity contribution is 0.936. The number of aromatic nitrogens is 2. The van der Waals surface area contributed by atoms with Gasteiger partial charge in [0, 0.05) is 11.3 Å². The van der Waals surface area contributed by atoms with Crippen molar-refractivity contribution in [3.63, 3.8) is 0 Å². The number of H-pyrrole nitrogens is 1. The largest absolute Gasteiger partial charge is 0.282 e. The van der Waals surface area contributed by atoms with E-state index in [-0.39, 0.29) is 0 Å². The van der Waals surface area contributed by atoms with Gasteiger partial charge >= 0.3 is 0 Å². The van der Waals surface area contributed by atoms with E-state index >= 15 is 0 Å². The Labute approximate surface area is 103 Å². The minimum absolute atomic E-state index is 0.971. The molecule has 0 spiro atoms. The van der Waals surface area contributed by atoms with E-state index in [0.29, 0.717) is 0 Å². The quantitative estimate of drug-likeness (QED) is 0.850. The Balaban J connectivity index is 2.65. The number of aromatic amines is 1. The first-order chi connectivity index (χ1) is 8.17. The molecule has 0 fully saturated rings. The summed E-state index contributed by atoms with van der Waals surface area (Å²) in [6, 6.07) is 6.62. The Morgan fingerprint density at radius 3 is 2.53 bits per heavy atom. The molecular weight excluding hydrogens is 208 g/mol. The summed E-state index contributed by atoms with van der Waals surface area (Å²) in [5.74, 6) is 0. The summed E-state index contributed by atoms with van der Waals surface area (Å²) in [5, 5.41) is 7.60. The Morgan fingerprint density at radius 1 is 1.12 bits per heavy atom. The van der Waals surface area contributed by atoms with Crippen LogP contribution in [0.4, 0.5) is 0 Å². The molecule has 2 rings (SSSR count). The summed E-state index contributed by atoms with van der Waals surface area (Å²) in [5.41, 5.74) is 7.69. The number of rotatable bonds is 3. The molecule has 0 aliphatic rings. The molecule has 90 valence electrons. The molecule has 0 unspecified atom stereocenters. The maximum atomic E-state index is 4.43. The number of hydrogen-bond acceptors (Lipinski definition) is 1. The van der Waals surface area contributed by atoms with Crippen LogP contribution in [0, 0.1) is 13.8 Å². The minimum Gasteiger partial charge on any atom is -0.282 e. The lowest BCUT2D eigenvalue weighted by Gasteiger charge is -2.09. The summed E-state index contributed by atoms with van der Waals surface area (Å²) in [7, 11) is 0. The average molecular weight is 228 g/mol. The number of hydrogen-bond donors (Lipinski definition) is 1. The van der Waals surface area contributed by atoms with Crippen molar-refractivity contribution in [3.8, 4) is 11.1 Å². The van der Waals surface area contributed by atoms with Crippen molar-refractivity contribution in [1.29, 1.82) is 0 Å². The Morgan fingerprint density at radius 2 is 1.88 bits per heavy atom. The van der Waals surface area contributed by atoms with E-state index in [1.807, 2.05) is 0 Å². The van der Waals surface area contributed by atoms with Gasteiger partial charge in [0.05, 0.1) is 5.69 Å². The fraction of sp³-hybridized carbons (Fsp3) is 0.400. The molecule has 0 atom stereocenters. The number of benzene rings is 1. The molecule has 0 aliphatic heterocycles. The van der Waals surface area contributed by atoms with Crippen LogP contribution in [0.5, 0.6) is 0 Å². The Bertz CT molecular complexity index is 502. The van der Waals surface area contributed by atoms with Gasteiger partial charge in [-0.25, -0.2) is 0 Å². The van der Waals surface area contributed by atoms with Gasteiger partial charge in [0.1, 0.15) is 0 Å². The molecule has 0 radical (unpaired) electrons. The van der Waals surface area contributed by atoms with E-state index in [2.05, 4.69) is 56.1 Å². The van der Waals surface area contributed by atoms with Gasteiger partial charge in [-0.3, -0.25) is 5.10 Å². The third-order valence-corrected chi connectivity index (χ3v) is 3.27. The van der Waals surface area contributed by atoms with Gasteiger partial charge in [-0.15, -0.1) is 0 Å². The number of nitrogens with zero attached hydrogens (tertiary/aromatic N) is 1. The zero-order chi connectivity index (χ0) is 12.4. The standard InChI is InChI=1S/C15H20N2/c1-5-13-15(14(6-2)17-16-13)12-9-10(3)7-8-11(12)4/h7-9H,5-6H2,1-4H3,(H,16,17). The van der Waals surface area contributed by atoms with E-state index in [1.165, 1.54) is 33.6 Å². The van der Waals surface area contributed by atoms with Crippen LogP contribution in [0.2, 0.25) is 0 Å². The second-order valence-corrected chi connectivity index (χ2v) is 4.55. The molecule has 1 heterocycles. The summed E-state index contributed by atoms with van der Waals surface area (Å²) < 4.78 is 0. The van der Waals surface area contributed by atoms with Crippen molar-refractivity contribution in [3.05, 3.63) is 40.7 Å². The second kappa shape index (κ2) is 4.74. The van der Waals surface area contributed by atoms with E-state index in [9.17, 15) is 0 Å². The van der Waals surface area contributed by atoms with Gasteiger partial charge in [-0.05, 0) is 37.8 Å². The summed E-state index contributed by atoms with van der Waals surface area (Å²) >= 11 is 0. The number of aryl methyl sites for hydroxylation is 4. The Kier molecular flexibility index (Phi) is 3.32. The van der Waals surface area contributed by atoms with Crippen LogP contribution in [0.1, 0.15) is 36.4 Å². The highest BCUT2D eigenvalue weighted by Crippen LogP contribution is 2.30. The van der Waals surface area contributed by atoms with E-state index in [1.54, 1.807) is 0 Å². The predicted octanol–water partition coefficient (Wildman–Crippen LogP) is 3.82. The molecule has 0 bridgehead atoms. The highest BCUT2D eigenvalue weighted by atomic mass is 15.1. The fourth-order valence-corrected chi connectivity index (χ4v) is 2.26. The predicted molar refractivity (Wildman–Crippen MR) is 72.3 cm³/mol. The summed E-state index contributed by atoms with van der Waals surface area (Å²) in [4.78, 5) is 0. The van der Waals surface area contributed by atoms with Crippen molar-refractivity contribution in [1.82, 2.24) is 10.2 Å². The van der Waals surface area contributed by atoms with Crippen LogP contribution in [-0.2, 0) is 12.8 Å². The van der Waals surface area contributed by atoms with E-state index in [4.69, 9.17) is 0 Å². The maximum Gasteiger partial charge on any atom is 0.0700 e. The monoisotopic (exact) mass is 228 g/mol. The normalized spacial score (nSPS) is 10.8. The van der Waals surface area contributed by atoms with Gasteiger partial charge < -0.3 is 0 Å². The topological polar surface area (TPSA) is 28.7 Å². The Hall–Kier alpha value is -1.57.